The van der Waals surface area contributed by atoms with Crippen LogP contribution in [0.5, 0.6) is 0 Å². The van der Waals surface area contributed by atoms with Crippen molar-refractivity contribution in [2.24, 2.45) is 0 Å². The first kappa shape index (κ1) is 13.3. The van der Waals surface area contributed by atoms with Gasteiger partial charge in [0.2, 0.25) is 0 Å². The number of hydrogen-bond donors (Lipinski definition) is 2. The molecule has 2 aromatic heterocycles. The topological polar surface area (TPSA) is 58.3 Å². The van der Waals surface area contributed by atoms with Gasteiger partial charge in [-0.05, 0) is 32.4 Å². The standard InChI is InChI=1S/C13H18N2O2S/c1-9(6-11(16)12-4-3-5-17-12)14-7-13-10(2)15-8-18-13/h3-5,8-9,11,14,16H,6-7H2,1-2H3/t9-,11+/m1/s1. The highest BCUT2D eigenvalue weighted by molar-refractivity contribution is 7.09. The molecule has 0 bridgehead atoms. The van der Waals surface area contributed by atoms with Crippen LogP contribution in [0, 0.1) is 6.92 Å². The number of rotatable bonds is 6. The molecule has 5 heteroatoms. The van der Waals surface area contributed by atoms with Gasteiger partial charge in [0.25, 0.3) is 0 Å². The summed E-state index contributed by atoms with van der Waals surface area (Å²) in [6, 6.07) is 3.80. The summed E-state index contributed by atoms with van der Waals surface area (Å²) < 4.78 is 5.18. The molecular formula is C13H18N2O2S. The molecule has 0 saturated carbocycles. The molecule has 98 valence electrons. The third-order valence-electron chi connectivity index (χ3n) is 2.90. The van der Waals surface area contributed by atoms with Crippen LogP contribution in [-0.4, -0.2) is 16.1 Å². The molecule has 0 aromatic carbocycles. The summed E-state index contributed by atoms with van der Waals surface area (Å²) in [7, 11) is 0. The Morgan fingerprint density at radius 3 is 3.00 bits per heavy atom. The quantitative estimate of drug-likeness (QED) is 0.844. The highest BCUT2D eigenvalue weighted by Crippen LogP contribution is 2.19. The second kappa shape index (κ2) is 6.13. The van der Waals surface area contributed by atoms with Gasteiger partial charge in [-0.1, -0.05) is 0 Å². The molecule has 2 heterocycles. The summed E-state index contributed by atoms with van der Waals surface area (Å²) >= 11 is 1.65. The molecule has 2 aromatic rings. The molecule has 2 atom stereocenters. The van der Waals surface area contributed by atoms with Crippen molar-refractivity contribution >= 4 is 11.3 Å². The Morgan fingerprint density at radius 2 is 2.39 bits per heavy atom. The molecule has 0 fully saturated rings. The lowest BCUT2D eigenvalue weighted by Gasteiger charge is -2.16. The van der Waals surface area contributed by atoms with Crippen LogP contribution in [0.25, 0.3) is 0 Å². The Hall–Kier alpha value is -1.17. The average molecular weight is 266 g/mol. The second-order valence-corrected chi connectivity index (χ2v) is 5.35. The van der Waals surface area contributed by atoms with Gasteiger partial charge in [0.1, 0.15) is 11.9 Å². The number of aromatic nitrogens is 1. The number of thiazole rings is 1. The highest BCUT2D eigenvalue weighted by atomic mass is 32.1. The van der Waals surface area contributed by atoms with Crippen molar-refractivity contribution in [2.75, 3.05) is 0 Å². The van der Waals surface area contributed by atoms with Gasteiger partial charge in [0.15, 0.2) is 0 Å². The Bertz CT molecular complexity index is 467. The number of aliphatic hydroxyl groups is 1. The van der Waals surface area contributed by atoms with E-state index in [0.29, 0.717) is 12.2 Å². The third-order valence-corrected chi connectivity index (χ3v) is 3.84. The molecule has 0 spiro atoms. The molecule has 2 N–H and O–H groups in total. The fraction of sp³-hybridized carbons (Fsp3) is 0.462. The zero-order valence-electron chi connectivity index (χ0n) is 10.6. The van der Waals surface area contributed by atoms with Gasteiger partial charge in [-0.25, -0.2) is 4.98 Å². The van der Waals surface area contributed by atoms with Crippen molar-refractivity contribution in [3.63, 3.8) is 0 Å². The first-order chi connectivity index (χ1) is 8.66. The monoisotopic (exact) mass is 266 g/mol. The van der Waals surface area contributed by atoms with Crippen molar-refractivity contribution in [3.05, 3.63) is 40.2 Å². The summed E-state index contributed by atoms with van der Waals surface area (Å²) in [6.07, 6.45) is 1.66. The van der Waals surface area contributed by atoms with Gasteiger partial charge in [0, 0.05) is 17.5 Å². The van der Waals surface area contributed by atoms with Gasteiger partial charge in [-0.2, -0.15) is 0 Å². The Balaban J connectivity index is 1.79. The van der Waals surface area contributed by atoms with E-state index in [9.17, 15) is 5.11 Å². The van der Waals surface area contributed by atoms with Crippen LogP contribution in [-0.2, 0) is 6.54 Å². The largest absolute Gasteiger partial charge is 0.467 e. The summed E-state index contributed by atoms with van der Waals surface area (Å²) in [5.41, 5.74) is 2.93. The van der Waals surface area contributed by atoms with Crippen LogP contribution < -0.4 is 5.32 Å². The van der Waals surface area contributed by atoms with E-state index in [1.165, 1.54) is 4.88 Å². The maximum absolute atomic E-state index is 9.95. The number of furan rings is 1. The van der Waals surface area contributed by atoms with E-state index in [4.69, 9.17) is 4.42 Å². The summed E-state index contributed by atoms with van der Waals surface area (Å²) in [4.78, 5) is 5.46. The third kappa shape index (κ3) is 3.41. The molecule has 2 rings (SSSR count). The van der Waals surface area contributed by atoms with Gasteiger partial charge in [0.05, 0.1) is 17.5 Å². The van der Waals surface area contributed by atoms with Gasteiger partial charge >= 0.3 is 0 Å². The smallest absolute Gasteiger partial charge is 0.132 e. The van der Waals surface area contributed by atoms with Crippen molar-refractivity contribution < 1.29 is 9.52 Å². The van der Waals surface area contributed by atoms with E-state index in [1.807, 2.05) is 12.4 Å². The summed E-state index contributed by atoms with van der Waals surface area (Å²) in [6.45, 7) is 4.86. The molecule has 0 radical (unpaired) electrons. The minimum atomic E-state index is -0.551. The van der Waals surface area contributed by atoms with Crippen molar-refractivity contribution in [1.29, 1.82) is 0 Å². The Morgan fingerprint density at radius 1 is 1.56 bits per heavy atom. The van der Waals surface area contributed by atoms with E-state index in [2.05, 4.69) is 17.2 Å². The van der Waals surface area contributed by atoms with Crippen LogP contribution in [0.4, 0.5) is 0 Å². The lowest BCUT2D eigenvalue weighted by atomic mass is 10.1. The van der Waals surface area contributed by atoms with E-state index < -0.39 is 6.10 Å². The minimum absolute atomic E-state index is 0.214. The molecule has 4 nitrogen and oxygen atoms in total. The molecule has 0 aliphatic carbocycles. The first-order valence-corrected chi connectivity index (χ1v) is 6.88. The van der Waals surface area contributed by atoms with Crippen LogP contribution in [0.2, 0.25) is 0 Å². The normalized spacial score (nSPS) is 14.6. The molecule has 0 saturated heterocycles. The Kier molecular flexibility index (Phi) is 4.52. The van der Waals surface area contributed by atoms with E-state index >= 15 is 0 Å². The maximum atomic E-state index is 9.95. The number of aliphatic hydroxyl groups excluding tert-OH is 1. The van der Waals surface area contributed by atoms with E-state index in [1.54, 1.807) is 29.7 Å². The van der Waals surface area contributed by atoms with Crippen LogP contribution in [0.1, 0.15) is 35.8 Å². The SMILES string of the molecule is Cc1ncsc1CN[C@H](C)C[C@H](O)c1ccco1. The maximum Gasteiger partial charge on any atom is 0.132 e. The number of nitrogens with zero attached hydrogens (tertiary/aromatic N) is 1. The fourth-order valence-corrected chi connectivity index (χ4v) is 2.51. The van der Waals surface area contributed by atoms with Gasteiger partial charge < -0.3 is 14.8 Å². The minimum Gasteiger partial charge on any atom is -0.467 e. The Labute approximate surface area is 111 Å². The molecular weight excluding hydrogens is 248 g/mol. The number of nitrogens with one attached hydrogen (secondary N) is 1. The molecule has 0 amide bonds. The lowest BCUT2D eigenvalue weighted by molar-refractivity contribution is 0.128. The predicted molar refractivity (Wildman–Crippen MR) is 71.4 cm³/mol. The molecule has 18 heavy (non-hydrogen) atoms. The van der Waals surface area contributed by atoms with Crippen molar-refractivity contribution in [1.82, 2.24) is 10.3 Å². The lowest BCUT2D eigenvalue weighted by Crippen LogP contribution is -2.27. The van der Waals surface area contributed by atoms with Crippen LogP contribution >= 0.6 is 11.3 Å². The zero-order chi connectivity index (χ0) is 13.0. The van der Waals surface area contributed by atoms with Crippen LogP contribution in [0.15, 0.2) is 28.3 Å². The van der Waals surface area contributed by atoms with E-state index in [-0.39, 0.29) is 6.04 Å². The van der Waals surface area contributed by atoms with Gasteiger partial charge in [-0.15, -0.1) is 11.3 Å². The number of hydrogen-bond acceptors (Lipinski definition) is 5. The molecule has 0 unspecified atom stereocenters. The second-order valence-electron chi connectivity index (χ2n) is 4.41. The molecule has 0 aliphatic heterocycles. The molecule has 0 aliphatic rings. The average Bonchev–Trinajstić information content (AvgIpc) is 2.97. The van der Waals surface area contributed by atoms with Crippen LogP contribution in [0.3, 0.4) is 0 Å². The zero-order valence-corrected chi connectivity index (χ0v) is 11.4. The first-order valence-electron chi connectivity index (χ1n) is 6.00. The van der Waals surface area contributed by atoms with Gasteiger partial charge in [-0.3, -0.25) is 0 Å². The van der Waals surface area contributed by atoms with E-state index in [0.717, 1.165) is 12.2 Å². The van der Waals surface area contributed by atoms with Crippen molar-refractivity contribution in [2.45, 2.75) is 39.0 Å². The number of aryl methyl sites for hydroxylation is 1. The summed E-state index contributed by atoms with van der Waals surface area (Å²) in [5.74, 6) is 0.623. The summed E-state index contributed by atoms with van der Waals surface area (Å²) in [5, 5.41) is 13.3. The fourth-order valence-electron chi connectivity index (χ4n) is 1.78. The van der Waals surface area contributed by atoms with Crippen molar-refractivity contribution in [3.8, 4) is 0 Å². The highest BCUT2D eigenvalue weighted by Gasteiger charge is 2.14. The predicted octanol–water partition coefficient (Wildman–Crippen LogP) is 2.65.